The highest BCUT2D eigenvalue weighted by Gasteiger charge is 2.16. The second-order valence-corrected chi connectivity index (χ2v) is 5.79. The van der Waals surface area contributed by atoms with E-state index >= 15 is 0 Å². The van der Waals surface area contributed by atoms with Gasteiger partial charge in [-0.1, -0.05) is 35.9 Å². The molecule has 2 aromatic carbocycles. The number of aryl methyl sites for hydroxylation is 3. The minimum Gasteiger partial charge on any atom is -0.370 e. The highest BCUT2D eigenvalue weighted by molar-refractivity contribution is 5.47. The van der Waals surface area contributed by atoms with Crippen molar-refractivity contribution in [3.05, 3.63) is 64.7 Å². The van der Waals surface area contributed by atoms with Crippen LogP contribution in [0.25, 0.3) is 0 Å². The van der Waals surface area contributed by atoms with Crippen molar-refractivity contribution < 1.29 is 0 Å². The van der Waals surface area contributed by atoms with Crippen molar-refractivity contribution in [3.63, 3.8) is 0 Å². The molecule has 0 heterocycles. The molecule has 2 N–H and O–H groups in total. The fourth-order valence-corrected chi connectivity index (χ4v) is 3.16. The van der Waals surface area contributed by atoms with Crippen molar-refractivity contribution in [2.45, 2.75) is 33.7 Å². The summed E-state index contributed by atoms with van der Waals surface area (Å²) in [6, 6.07) is 15.0. The van der Waals surface area contributed by atoms with Crippen LogP contribution in [-0.4, -0.2) is 13.1 Å². The first-order chi connectivity index (χ1) is 10.0. The first kappa shape index (κ1) is 15.6. The van der Waals surface area contributed by atoms with Crippen LogP contribution in [-0.2, 0) is 0 Å². The topological polar surface area (TPSA) is 29.3 Å². The van der Waals surface area contributed by atoms with Gasteiger partial charge in [0.15, 0.2) is 0 Å². The SMILES string of the molecule is CCN(CC(N)c1c(C)cc(C)cc1C)c1ccccc1. The van der Waals surface area contributed by atoms with E-state index in [1.54, 1.807) is 0 Å². The van der Waals surface area contributed by atoms with E-state index in [0.717, 1.165) is 13.1 Å². The first-order valence-electron chi connectivity index (χ1n) is 7.66. The third kappa shape index (κ3) is 3.64. The first-order valence-corrected chi connectivity index (χ1v) is 7.66. The second-order valence-electron chi connectivity index (χ2n) is 5.79. The van der Waals surface area contributed by atoms with Gasteiger partial charge in [0.05, 0.1) is 0 Å². The van der Waals surface area contributed by atoms with Crippen molar-refractivity contribution >= 4 is 5.69 Å². The predicted molar refractivity (Wildman–Crippen MR) is 91.9 cm³/mol. The lowest BCUT2D eigenvalue weighted by molar-refractivity contribution is 0.670. The van der Waals surface area contributed by atoms with Gasteiger partial charge in [0.25, 0.3) is 0 Å². The number of benzene rings is 2. The van der Waals surface area contributed by atoms with Crippen LogP contribution in [0.5, 0.6) is 0 Å². The third-order valence-electron chi connectivity index (χ3n) is 4.03. The molecule has 2 heteroatoms. The van der Waals surface area contributed by atoms with Crippen LogP contribution in [0.3, 0.4) is 0 Å². The summed E-state index contributed by atoms with van der Waals surface area (Å²) in [6.45, 7) is 10.4. The van der Waals surface area contributed by atoms with Crippen LogP contribution >= 0.6 is 0 Å². The summed E-state index contributed by atoms with van der Waals surface area (Å²) >= 11 is 0. The van der Waals surface area contributed by atoms with E-state index in [4.69, 9.17) is 5.73 Å². The van der Waals surface area contributed by atoms with E-state index in [1.807, 2.05) is 6.07 Å². The van der Waals surface area contributed by atoms with E-state index in [-0.39, 0.29) is 6.04 Å². The number of anilines is 1. The Morgan fingerprint density at radius 2 is 1.57 bits per heavy atom. The van der Waals surface area contributed by atoms with Gasteiger partial charge in [-0.2, -0.15) is 0 Å². The third-order valence-corrected chi connectivity index (χ3v) is 4.03. The maximum atomic E-state index is 6.52. The van der Waals surface area contributed by atoms with Crippen LogP contribution in [0.4, 0.5) is 5.69 Å². The van der Waals surface area contributed by atoms with Gasteiger partial charge < -0.3 is 10.6 Å². The van der Waals surface area contributed by atoms with Gasteiger partial charge in [-0.3, -0.25) is 0 Å². The minimum absolute atomic E-state index is 0.0331. The lowest BCUT2D eigenvalue weighted by Gasteiger charge is -2.28. The molecule has 0 aliphatic rings. The van der Waals surface area contributed by atoms with Crippen molar-refractivity contribution in [1.29, 1.82) is 0 Å². The highest BCUT2D eigenvalue weighted by Crippen LogP contribution is 2.24. The van der Waals surface area contributed by atoms with E-state index in [9.17, 15) is 0 Å². The number of nitrogens with two attached hydrogens (primary N) is 1. The van der Waals surface area contributed by atoms with Gasteiger partial charge in [0, 0.05) is 24.8 Å². The van der Waals surface area contributed by atoms with Crippen LogP contribution in [0.15, 0.2) is 42.5 Å². The van der Waals surface area contributed by atoms with Crippen molar-refractivity contribution in [2.75, 3.05) is 18.0 Å². The Morgan fingerprint density at radius 3 is 2.10 bits per heavy atom. The number of likely N-dealkylation sites (N-methyl/N-ethyl adjacent to an activating group) is 1. The van der Waals surface area contributed by atoms with Crippen LogP contribution < -0.4 is 10.6 Å². The Labute approximate surface area is 128 Å². The summed E-state index contributed by atoms with van der Waals surface area (Å²) in [5.41, 5.74) is 12.9. The summed E-state index contributed by atoms with van der Waals surface area (Å²) in [6.07, 6.45) is 0. The summed E-state index contributed by atoms with van der Waals surface area (Å²) < 4.78 is 0. The molecule has 2 nitrogen and oxygen atoms in total. The van der Waals surface area contributed by atoms with Crippen LogP contribution in [0.2, 0.25) is 0 Å². The lowest BCUT2D eigenvalue weighted by Crippen LogP contribution is -2.32. The van der Waals surface area contributed by atoms with Gasteiger partial charge in [-0.25, -0.2) is 0 Å². The number of hydrogen-bond acceptors (Lipinski definition) is 2. The largest absolute Gasteiger partial charge is 0.370 e. The molecular weight excluding hydrogens is 256 g/mol. The molecular formula is C19H26N2. The molecule has 0 fully saturated rings. The Hall–Kier alpha value is -1.80. The molecule has 112 valence electrons. The van der Waals surface area contributed by atoms with Crippen molar-refractivity contribution in [1.82, 2.24) is 0 Å². The fraction of sp³-hybridized carbons (Fsp3) is 0.368. The highest BCUT2D eigenvalue weighted by atomic mass is 15.1. The molecule has 0 spiro atoms. The maximum Gasteiger partial charge on any atom is 0.0478 e. The second kappa shape index (κ2) is 6.77. The molecule has 0 saturated carbocycles. The Balaban J connectivity index is 2.23. The number of nitrogens with zero attached hydrogens (tertiary/aromatic N) is 1. The number of para-hydroxylation sites is 1. The van der Waals surface area contributed by atoms with Crippen molar-refractivity contribution in [2.24, 2.45) is 5.73 Å². The molecule has 0 saturated heterocycles. The van der Waals surface area contributed by atoms with E-state index in [0.29, 0.717) is 0 Å². The van der Waals surface area contributed by atoms with Gasteiger partial charge in [-0.05, 0) is 56.5 Å². The lowest BCUT2D eigenvalue weighted by atomic mass is 9.94. The number of rotatable bonds is 5. The standard InChI is InChI=1S/C19H26N2/c1-5-21(17-9-7-6-8-10-17)13-18(20)19-15(3)11-14(2)12-16(19)4/h6-12,18H,5,13,20H2,1-4H3. The predicted octanol–water partition coefficient (Wildman–Crippen LogP) is 4.14. The van der Waals surface area contributed by atoms with Crippen LogP contribution in [0.1, 0.15) is 35.2 Å². The molecule has 1 atom stereocenters. The average Bonchev–Trinajstić information content (AvgIpc) is 2.44. The molecule has 0 aliphatic heterocycles. The zero-order valence-corrected chi connectivity index (χ0v) is 13.6. The van der Waals surface area contributed by atoms with Gasteiger partial charge >= 0.3 is 0 Å². The van der Waals surface area contributed by atoms with Gasteiger partial charge in [0.2, 0.25) is 0 Å². The van der Waals surface area contributed by atoms with Crippen LogP contribution in [0, 0.1) is 20.8 Å². The quantitative estimate of drug-likeness (QED) is 0.893. The van der Waals surface area contributed by atoms with Gasteiger partial charge in [0.1, 0.15) is 0 Å². The van der Waals surface area contributed by atoms with Gasteiger partial charge in [-0.15, -0.1) is 0 Å². The fourth-order valence-electron chi connectivity index (χ4n) is 3.16. The number of hydrogen-bond donors (Lipinski definition) is 1. The summed E-state index contributed by atoms with van der Waals surface area (Å²) in [4.78, 5) is 2.34. The summed E-state index contributed by atoms with van der Waals surface area (Å²) in [5.74, 6) is 0. The molecule has 1 unspecified atom stereocenters. The minimum atomic E-state index is 0.0331. The summed E-state index contributed by atoms with van der Waals surface area (Å²) in [5, 5.41) is 0. The molecule has 0 aromatic heterocycles. The maximum absolute atomic E-state index is 6.52. The molecule has 2 rings (SSSR count). The van der Waals surface area contributed by atoms with E-state index < -0.39 is 0 Å². The molecule has 0 radical (unpaired) electrons. The van der Waals surface area contributed by atoms with E-state index in [2.05, 4.69) is 69.0 Å². The van der Waals surface area contributed by atoms with Crippen molar-refractivity contribution in [3.8, 4) is 0 Å². The molecule has 21 heavy (non-hydrogen) atoms. The van der Waals surface area contributed by atoms with E-state index in [1.165, 1.54) is 27.9 Å². The summed E-state index contributed by atoms with van der Waals surface area (Å²) in [7, 11) is 0. The molecule has 0 bridgehead atoms. The molecule has 2 aromatic rings. The Kier molecular flexibility index (Phi) is 5.03. The smallest absolute Gasteiger partial charge is 0.0478 e. The molecule has 0 aliphatic carbocycles. The average molecular weight is 282 g/mol. The monoisotopic (exact) mass is 282 g/mol. The molecule has 0 amide bonds. The zero-order chi connectivity index (χ0) is 15.4. The zero-order valence-electron chi connectivity index (χ0n) is 13.6. The Morgan fingerprint density at radius 1 is 1.00 bits per heavy atom. The normalized spacial score (nSPS) is 12.2. The Bertz CT molecular complexity index is 567.